The van der Waals surface area contributed by atoms with E-state index in [-0.39, 0.29) is 5.56 Å². The van der Waals surface area contributed by atoms with Crippen LogP contribution in [0.2, 0.25) is 0 Å². The van der Waals surface area contributed by atoms with Crippen LogP contribution in [0.1, 0.15) is 16.2 Å². The SMILES string of the molecule is Cc1nccn1CCn1cc(C(=O)O)cn1. The first-order chi connectivity index (χ1) is 7.66. The Morgan fingerprint density at radius 3 is 2.88 bits per heavy atom. The first-order valence-electron chi connectivity index (χ1n) is 4.90. The van der Waals surface area contributed by atoms with Gasteiger partial charge in [-0.15, -0.1) is 0 Å². The zero-order valence-electron chi connectivity index (χ0n) is 8.87. The van der Waals surface area contributed by atoms with E-state index in [0.717, 1.165) is 12.4 Å². The van der Waals surface area contributed by atoms with Crippen LogP contribution in [0.3, 0.4) is 0 Å². The predicted molar refractivity (Wildman–Crippen MR) is 56.2 cm³/mol. The fraction of sp³-hybridized carbons (Fsp3) is 0.300. The number of nitrogens with zero attached hydrogens (tertiary/aromatic N) is 4. The standard InChI is InChI=1S/C10H12N4O2/c1-8-11-2-3-13(8)4-5-14-7-9(6-12-14)10(15)16/h2-3,6-7H,4-5H2,1H3,(H,15,16). The smallest absolute Gasteiger partial charge is 0.338 e. The second-order valence-corrected chi connectivity index (χ2v) is 3.47. The fourth-order valence-electron chi connectivity index (χ4n) is 1.45. The lowest BCUT2D eigenvalue weighted by Gasteiger charge is -2.04. The summed E-state index contributed by atoms with van der Waals surface area (Å²) >= 11 is 0. The third-order valence-electron chi connectivity index (χ3n) is 2.37. The molecule has 0 aromatic carbocycles. The van der Waals surface area contributed by atoms with Crippen molar-refractivity contribution in [1.29, 1.82) is 0 Å². The molecule has 16 heavy (non-hydrogen) atoms. The van der Waals surface area contributed by atoms with Crippen molar-refractivity contribution in [2.24, 2.45) is 0 Å². The summed E-state index contributed by atoms with van der Waals surface area (Å²) in [4.78, 5) is 14.7. The third-order valence-corrected chi connectivity index (χ3v) is 2.37. The third kappa shape index (κ3) is 2.10. The van der Waals surface area contributed by atoms with Crippen molar-refractivity contribution in [2.75, 3.05) is 0 Å². The summed E-state index contributed by atoms with van der Waals surface area (Å²) in [6.45, 7) is 3.28. The van der Waals surface area contributed by atoms with Crippen LogP contribution in [0.25, 0.3) is 0 Å². The number of hydrogen-bond acceptors (Lipinski definition) is 3. The van der Waals surface area contributed by atoms with E-state index in [9.17, 15) is 4.79 Å². The first-order valence-corrected chi connectivity index (χ1v) is 4.90. The summed E-state index contributed by atoms with van der Waals surface area (Å²) in [6.07, 6.45) is 6.50. The first kappa shape index (κ1) is 10.4. The molecule has 0 atom stereocenters. The minimum Gasteiger partial charge on any atom is -0.478 e. The molecule has 2 heterocycles. The Morgan fingerprint density at radius 1 is 1.50 bits per heavy atom. The minimum atomic E-state index is -0.954. The molecule has 2 aromatic rings. The molecule has 0 saturated heterocycles. The zero-order valence-corrected chi connectivity index (χ0v) is 8.87. The van der Waals surface area contributed by atoms with Crippen molar-refractivity contribution < 1.29 is 9.90 Å². The van der Waals surface area contributed by atoms with E-state index in [1.165, 1.54) is 12.4 Å². The van der Waals surface area contributed by atoms with E-state index in [1.807, 2.05) is 17.7 Å². The average Bonchev–Trinajstić information content (AvgIpc) is 2.83. The number of carbonyl (C=O) groups is 1. The van der Waals surface area contributed by atoms with Gasteiger partial charge in [-0.1, -0.05) is 0 Å². The number of imidazole rings is 1. The Labute approximate surface area is 92.2 Å². The van der Waals surface area contributed by atoms with Crippen LogP contribution in [0, 0.1) is 6.92 Å². The van der Waals surface area contributed by atoms with Crippen molar-refractivity contribution in [2.45, 2.75) is 20.0 Å². The summed E-state index contributed by atoms with van der Waals surface area (Å²) in [7, 11) is 0. The van der Waals surface area contributed by atoms with Gasteiger partial charge < -0.3 is 9.67 Å². The van der Waals surface area contributed by atoms with Gasteiger partial charge in [-0.2, -0.15) is 5.10 Å². The highest BCUT2D eigenvalue weighted by Crippen LogP contribution is 2.00. The molecule has 0 radical (unpaired) electrons. The van der Waals surface area contributed by atoms with Gasteiger partial charge in [-0.3, -0.25) is 4.68 Å². The van der Waals surface area contributed by atoms with Gasteiger partial charge >= 0.3 is 5.97 Å². The van der Waals surface area contributed by atoms with Gasteiger partial charge in [0, 0.05) is 25.1 Å². The summed E-state index contributed by atoms with van der Waals surface area (Å²) in [5.74, 6) is -0.0179. The highest BCUT2D eigenvalue weighted by atomic mass is 16.4. The highest BCUT2D eigenvalue weighted by molar-refractivity contribution is 5.86. The van der Waals surface area contributed by atoms with Gasteiger partial charge in [-0.25, -0.2) is 9.78 Å². The second-order valence-electron chi connectivity index (χ2n) is 3.47. The summed E-state index contributed by atoms with van der Waals surface area (Å²) < 4.78 is 3.60. The van der Waals surface area contributed by atoms with E-state index >= 15 is 0 Å². The molecule has 84 valence electrons. The molecule has 1 N–H and O–H groups in total. The average molecular weight is 220 g/mol. The van der Waals surface area contributed by atoms with E-state index in [0.29, 0.717) is 6.54 Å². The van der Waals surface area contributed by atoms with Gasteiger partial charge in [0.1, 0.15) is 5.82 Å². The fourth-order valence-corrected chi connectivity index (χ4v) is 1.45. The molecule has 0 unspecified atom stereocenters. The molecule has 6 heteroatoms. The summed E-state index contributed by atoms with van der Waals surface area (Å²) in [5.41, 5.74) is 0.211. The monoisotopic (exact) mass is 220 g/mol. The van der Waals surface area contributed by atoms with Crippen LogP contribution < -0.4 is 0 Å². The van der Waals surface area contributed by atoms with Gasteiger partial charge in [0.2, 0.25) is 0 Å². The Hall–Kier alpha value is -2.11. The molecule has 0 amide bonds. The maximum atomic E-state index is 10.6. The number of carboxylic acids is 1. The molecule has 6 nitrogen and oxygen atoms in total. The lowest BCUT2D eigenvalue weighted by molar-refractivity contribution is 0.0697. The van der Waals surface area contributed by atoms with Crippen LogP contribution in [0.5, 0.6) is 0 Å². The minimum absolute atomic E-state index is 0.211. The largest absolute Gasteiger partial charge is 0.478 e. The maximum absolute atomic E-state index is 10.6. The molecule has 0 bridgehead atoms. The van der Waals surface area contributed by atoms with E-state index in [4.69, 9.17) is 5.11 Å². The molecular weight excluding hydrogens is 208 g/mol. The molecule has 0 saturated carbocycles. The topological polar surface area (TPSA) is 72.9 Å². The predicted octanol–water partition coefficient (Wildman–Crippen LogP) is 0.786. The molecule has 2 rings (SSSR count). The van der Waals surface area contributed by atoms with Crippen molar-refractivity contribution in [3.63, 3.8) is 0 Å². The maximum Gasteiger partial charge on any atom is 0.338 e. The Kier molecular flexibility index (Phi) is 2.72. The number of hydrogen-bond donors (Lipinski definition) is 1. The van der Waals surface area contributed by atoms with Crippen molar-refractivity contribution >= 4 is 5.97 Å². The van der Waals surface area contributed by atoms with E-state index in [1.54, 1.807) is 10.9 Å². The zero-order chi connectivity index (χ0) is 11.5. The van der Waals surface area contributed by atoms with Crippen LogP contribution >= 0.6 is 0 Å². The Bertz CT molecular complexity index is 500. The summed E-state index contributed by atoms with van der Waals surface area (Å²) in [5, 5.41) is 12.7. The lowest BCUT2D eigenvalue weighted by atomic mass is 10.4. The molecule has 0 aliphatic heterocycles. The number of rotatable bonds is 4. The van der Waals surface area contributed by atoms with Crippen LogP contribution in [0.4, 0.5) is 0 Å². The van der Waals surface area contributed by atoms with E-state index < -0.39 is 5.97 Å². The number of carboxylic acid groups (broad SMARTS) is 1. The summed E-state index contributed by atoms with van der Waals surface area (Å²) in [6, 6.07) is 0. The molecule has 0 aliphatic rings. The number of aromatic nitrogens is 4. The van der Waals surface area contributed by atoms with Gasteiger partial charge in [0.15, 0.2) is 0 Å². The molecule has 0 aliphatic carbocycles. The number of aromatic carboxylic acids is 1. The van der Waals surface area contributed by atoms with Gasteiger partial charge in [0.05, 0.1) is 18.3 Å². The van der Waals surface area contributed by atoms with Crippen molar-refractivity contribution in [3.05, 3.63) is 36.2 Å². The molecule has 2 aromatic heterocycles. The normalized spacial score (nSPS) is 10.6. The second kappa shape index (κ2) is 4.18. The van der Waals surface area contributed by atoms with Gasteiger partial charge in [-0.05, 0) is 6.92 Å². The van der Waals surface area contributed by atoms with Crippen molar-refractivity contribution in [1.82, 2.24) is 19.3 Å². The molecule has 0 spiro atoms. The van der Waals surface area contributed by atoms with Crippen LogP contribution in [0.15, 0.2) is 24.8 Å². The van der Waals surface area contributed by atoms with Crippen LogP contribution in [-0.2, 0) is 13.1 Å². The molecular formula is C10H12N4O2. The number of aryl methyl sites for hydroxylation is 3. The lowest BCUT2D eigenvalue weighted by Crippen LogP contribution is -2.08. The highest BCUT2D eigenvalue weighted by Gasteiger charge is 2.05. The van der Waals surface area contributed by atoms with Crippen LogP contribution in [-0.4, -0.2) is 30.4 Å². The van der Waals surface area contributed by atoms with E-state index in [2.05, 4.69) is 10.1 Å². The van der Waals surface area contributed by atoms with Crippen molar-refractivity contribution in [3.8, 4) is 0 Å². The Morgan fingerprint density at radius 2 is 2.31 bits per heavy atom. The quantitative estimate of drug-likeness (QED) is 0.826. The molecule has 0 fully saturated rings. The Balaban J connectivity index is 2.00. The van der Waals surface area contributed by atoms with Gasteiger partial charge in [0.25, 0.3) is 0 Å².